The van der Waals surface area contributed by atoms with Crippen LogP contribution in [-0.4, -0.2) is 111 Å². The van der Waals surface area contributed by atoms with E-state index < -0.39 is 20.2 Å². The molecular formula is C20H39N5O4S. The molecule has 0 aromatic rings. The number of rotatable bonds is 4. The number of nitrogens with one attached hydrogen (secondary N) is 1. The van der Waals surface area contributed by atoms with Crippen LogP contribution in [-0.2, 0) is 14.6 Å². The van der Waals surface area contributed by atoms with Crippen molar-refractivity contribution in [3.63, 3.8) is 0 Å². The summed E-state index contributed by atoms with van der Waals surface area (Å²) in [4.78, 5) is 22.6. The van der Waals surface area contributed by atoms with Crippen molar-refractivity contribution in [2.45, 2.75) is 51.4 Å². The van der Waals surface area contributed by atoms with Crippen molar-refractivity contribution in [3.8, 4) is 0 Å². The third-order valence-corrected chi connectivity index (χ3v) is 8.05. The van der Waals surface area contributed by atoms with Crippen LogP contribution in [0, 0.1) is 0 Å². The van der Waals surface area contributed by atoms with Gasteiger partial charge in [-0.15, -0.1) is 0 Å². The van der Waals surface area contributed by atoms with Gasteiger partial charge in [-0.2, -0.15) is 0 Å². The Balaban J connectivity index is 1.70. The highest BCUT2D eigenvalue weighted by Gasteiger charge is 2.40. The number of ether oxygens (including phenoxy) is 1. The van der Waals surface area contributed by atoms with E-state index >= 15 is 0 Å². The molecule has 0 bridgehead atoms. The zero-order valence-corrected chi connectivity index (χ0v) is 20.2. The molecule has 0 aliphatic carbocycles. The van der Waals surface area contributed by atoms with Crippen LogP contribution in [0.5, 0.6) is 0 Å². The Morgan fingerprint density at radius 3 is 2.27 bits per heavy atom. The summed E-state index contributed by atoms with van der Waals surface area (Å²) < 4.78 is 29.1. The quantitative estimate of drug-likeness (QED) is 0.392. The average molecular weight is 446 g/mol. The first kappa shape index (κ1) is 24.7. The van der Waals surface area contributed by atoms with Gasteiger partial charge < -0.3 is 19.9 Å². The summed E-state index contributed by atoms with van der Waals surface area (Å²) in [7, 11) is -1.33. The lowest BCUT2D eigenvalue weighted by atomic mass is 10.2. The van der Waals surface area contributed by atoms with Crippen LogP contribution < -0.4 is 5.32 Å². The van der Waals surface area contributed by atoms with E-state index in [1.165, 1.54) is 0 Å². The average Bonchev–Trinajstić information content (AvgIpc) is 2.63. The summed E-state index contributed by atoms with van der Waals surface area (Å²) in [5.74, 6) is 0.913. The van der Waals surface area contributed by atoms with Gasteiger partial charge in [-0.25, -0.2) is 13.2 Å². The van der Waals surface area contributed by atoms with Gasteiger partial charge in [0.1, 0.15) is 5.60 Å². The molecule has 10 heteroatoms. The molecule has 2 aliphatic heterocycles. The van der Waals surface area contributed by atoms with Crippen molar-refractivity contribution in [2.75, 3.05) is 65.2 Å². The van der Waals surface area contributed by atoms with Crippen LogP contribution in [0.15, 0.2) is 4.99 Å². The minimum atomic E-state index is -3.06. The van der Waals surface area contributed by atoms with Gasteiger partial charge in [0.2, 0.25) is 0 Å². The summed E-state index contributed by atoms with van der Waals surface area (Å²) in [5.41, 5.74) is -0.466. The minimum absolute atomic E-state index is 0.155. The smallest absolute Gasteiger partial charge is 0.410 e. The third kappa shape index (κ3) is 6.73. The first-order chi connectivity index (χ1) is 13.8. The first-order valence-corrected chi connectivity index (χ1v) is 12.4. The zero-order chi connectivity index (χ0) is 22.6. The van der Waals surface area contributed by atoms with Gasteiger partial charge in [0.25, 0.3) is 0 Å². The zero-order valence-electron chi connectivity index (χ0n) is 19.4. The number of guanidine groups is 1. The van der Waals surface area contributed by atoms with Crippen molar-refractivity contribution in [2.24, 2.45) is 4.99 Å². The van der Waals surface area contributed by atoms with Crippen LogP contribution in [0.1, 0.15) is 41.0 Å². The van der Waals surface area contributed by atoms with E-state index in [-0.39, 0.29) is 11.8 Å². The van der Waals surface area contributed by atoms with E-state index in [1.807, 2.05) is 25.7 Å². The van der Waals surface area contributed by atoms with Crippen molar-refractivity contribution in [3.05, 3.63) is 0 Å². The lowest BCUT2D eigenvalue weighted by Gasteiger charge is -2.39. The van der Waals surface area contributed by atoms with Crippen LogP contribution in [0.25, 0.3) is 0 Å². The number of carbonyl (C=O) groups is 1. The predicted molar refractivity (Wildman–Crippen MR) is 120 cm³/mol. The van der Waals surface area contributed by atoms with Crippen LogP contribution in [0.2, 0.25) is 0 Å². The normalized spacial score (nSPS) is 22.7. The number of piperazine rings is 1. The van der Waals surface area contributed by atoms with Gasteiger partial charge in [-0.1, -0.05) is 0 Å². The standard InChI is InChI=1S/C20H39N5O4S/c1-19(2,3)29-18(26)24-12-10-23(11-13-24)9-7-8-22-17(21-6)25-14-15-30(27,28)20(4,5)16-25/h7-16H2,1-6H3,(H,21,22). The SMILES string of the molecule is CN=C(NCCCN1CCN(C(=O)OC(C)(C)C)CC1)N1CCS(=O)(=O)C(C)(C)C1. The fourth-order valence-corrected chi connectivity index (χ4v) is 5.01. The topological polar surface area (TPSA) is 94.6 Å². The molecule has 1 N–H and O–H groups in total. The number of sulfone groups is 1. The Morgan fingerprint density at radius 2 is 1.73 bits per heavy atom. The second-order valence-corrected chi connectivity index (χ2v) is 12.4. The van der Waals surface area contributed by atoms with Crippen molar-refractivity contribution in [1.29, 1.82) is 0 Å². The van der Waals surface area contributed by atoms with Gasteiger partial charge in [-0.05, 0) is 47.6 Å². The molecule has 0 saturated carbocycles. The van der Waals surface area contributed by atoms with Gasteiger partial charge in [0.15, 0.2) is 15.8 Å². The maximum atomic E-state index is 12.2. The molecule has 0 unspecified atom stereocenters. The van der Waals surface area contributed by atoms with Gasteiger partial charge in [-0.3, -0.25) is 9.89 Å². The number of hydrogen-bond donors (Lipinski definition) is 1. The van der Waals surface area contributed by atoms with Crippen LogP contribution in [0.3, 0.4) is 0 Å². The molecular weight excluding hydrogens is 406 g/mol. The number of hydrogen-bond acceptors (Lipinski definition) is 6. The molecule has 2 heterocycles. The van der Waals surface area contributed by atoms with E-state index in [0.29, 0.717) is 26.2 Å². The molecule has 0 spiro atoms. The Labute approximate surface area is 181 Å². The maximum absolute atomic E-state index is 12.2. The lowest BCUT2D eigenvalue weighted by molar-refractivity contribution is 0.0145. The van der Waals surface area contributed by atoms with Gasteiger partial charge in [0.05, 0.1) is 10.5 Å². The fourth-order valence-electron chi connectivity index (χ4n) is 3.64. The third-order valence-electron chi connectivity index (χ3n) is 5.51. The van der Waals surface area contributed by atoms with Gasteiger partial charge >= 0.3 is 6.09 Å². The summed E-state index contributed by atoms with van der Waals surface area (Å²) >= 11 is 0. The Bertz CT molecular complexity index is 722. The number of amides is 1. The van der Waals surface area contributed by atoms with Gasteiger partial charge in [0, 0.05) is 52.9 Å². The summed E-state index contributed by atoms with van der Waals surface area (Å²) in [5, 5.41) is 3.37. The highest BCUT2D eigenvalue weighted by atomic mass is 32.2. The largest absolute Gasteiger partial charge is 0.444 e. The summed E-state index contributed by atoms with van der Waals surface area (Å²) in [6.45, 7) is 14.9. The molecule has 0 aromatic heterocycles. The second kappa shape index (κ2) is 9.72. The second-order valence-electron chi connectivity index (χ2n) is 9.64. The molecule has 2 fully saturated rings. The number of carbonyl (C=O) groups excluding carboxylic acids is 1. The first-order valence-electron chi connectivity index (χ1n) is 10.7. The molecule has 0 radical (unpaired) electrons. The molecule has 2 aliphatic rings. The van der Waals surface area contributed by atoms with E-state index in [1.54, 1.807) is 25.8 Å². The molecule has 1 amide bonds. The number of aliphatic imine (C=N–C) groups is 1. The van der Waals surface area contributed by atoms with Crippen LogP contribution >= 0.6 is 0 Å². The maximum Gasteiger partial charge on any atom is 0.410 e. The van der Waals surface area contributed by atoms with Crippen molar-refractivity contribution < 1.29 is 17.9 Å². The molecule has 30 heavy (non-hydrogen) atoms. The van der Waals surface area contributed by atoms with Crippen molar-refractivity contribution >= 4 is 21.9 Å². The molecule has 2 saturated heterocycles. The lowest BCUT2D eigenvalue weighted by Crippen LogP contribution is -2.57. The van der Waals surface area contributed by atoms with Crippen molar-refractivity contribution in [1.82, 2.24) is 20.0 Å². The monoisotopic (exact) mass is 445 g/mol. The molecule has 2 rings (SSSR count). The Hall–Kier alpha value is -1.55. The van der Waals surface area contributed by atoms with E-state index in [2.05, 4.69) is 15.2 Å². The Morgan fingerprint density at radius 1 is 1.10 bits per heavy atom. The molecule has 0 aromatic carbocycles. The predicted octanol–water partition coefficient (Wildman–Crippen LogP) is 1.01. The Kier molecular flexibility index (Phi) is 8.01. The van der Waals surface area contributed by atoms with E-state index in [0.717, 1.165) is 38.6 Å². The van der Waals surface area contributed by atoms with Crippen LogP contribution in [0.4, 0.5) is 4.79 Å². The fraction of sp³-hybridized carbons (Fsp3) is 0.900. The molecule has 9 nitrogen and oxygen atoms in total. The molecule has 174 valence electrons. The minimum Gasteiger partial charge on any atom is -0.444 e. The summed E-state index contributed by atoms with van der Waals surface area (Å²) in [6, 6.07) is 0. The highest BCUT2D eigenvalue weighted by molar-refractivity contribution is 7.92. The number of nitrogens with zero attached hydrogens (tertiary/aromatic N) is 4. The molecule has 0 atom stereocenters. The van der Waals surface area contributed by atoms with E-state index in [9.17, 15) is 13.2 Å². The van der Waals surface area contributed by atoms with E-state index in [4.69, 9.17) is 4.74 Å². The summed E-state index contributed by atoms with van der Waals surface area (Å²) in [6.07, 6.45) is 0.708. The highest BCUT2D eigenvalue weighted by Crippen LogP contribution is 2.23.